The van der Waals surface area contributed by atoms with Crippen molar-refractivity contribution in [3.63, 3.8) is 0 Å². The fourth-order valence-electron chi connectivity index (χ4n) is 2.49. The van der Waals surface area contributed by atoms with Crippen LogP contribution >= 0.6 is 0 Å². The van der Waals surface area contributed by atoms with Gasteiger partial charge in [-0.3, -0.25) is 4.99 Å². The first-order valence-electron chi connectivity index (χ1n) is 7.55. The Bertz CT molecular complexity index is 509. The summed E-state index contributed by atoms with van der Waals surface area (Å²) in [7, 11) is 3.62. The molecule has 1 aromatic rings. The largest absolute Gasteiger partial charge is 0.309 e. The second-order valence-electron chi connectivity index (χ2n) is 6.27. The van der Waals surface area contributed by atoms with E-state index in [1.54, 1.807) is 17.0 Å². The average molecular weight is 294 g/mol. The van der Waals surface area contributed by atoms with Crippen molar-refractivity contribution in [2.24, 2.45) is 10.9 Å². The first-order chi connectivity index (χ1) is 9.88. The fraction of sp³-hybridized carbons (Fsp3) is 0.588. The van der Waals surface area contributed by atoms with Gasteiger partial charge < -0.3 is 4.90 Å². The molecular weight excluding hydrogens is 270 g/mol. The summed E-state index contributed by atoms with van der Waals surface area (Å²) in [5.41, 5.74) is 1.92. The number of hydrogen-bond donors (Lipinski definition) is 0. The Kier molecular flexibility index (Phi) is 5.09. The van der Waals surface area contributed by atoms with Crippen molar-refractivity contribution in [2.45, 2.75) is 32.1 Å². The SMILES string of the molecule is CC1CCC(c2cccc(C(F)(F)CCN(C)C)c2)=NC1. The molecule has 2 nitrogen and oxygen atoms in total. The summed E-state index contributed by atoms with van der Waals surface area (Å²) in [5, 5.41) is 0. The highest BCUT2D eigenvalue weighted by molar-refractivity contribution is 6.01. The van der Waals surface area contributed by atoms with Crippen LogP contribution in [0.4, 0.5) is 8.78 Å². The van der Waals surface area contributed by atoms with Crippen molar-refractivity contribution in [1.82, 2.24) is 4.90 Å². The van der Waals surface area contributed by atoms with Crippen LogP contribution in [0, 0.1) is 5.92 Å². The molecule has 0 aliphatic carbocycles. The summed E-state index contributed by atoms with van der Waals surface area (Å²) < 4.78 is 28.5. The van der Waals surface area contributed by atoms with Gasteiger partial charge in [-0.1, -0.05) is 25.1 Å². The molecule has 0 amide bonds. The molecule has 0 fully saturated rings. The lowest BCUT2D eigenvalue weighted by Crippen LogP contribution is -2.23. The Hall–Kier alpha value is -1.29. The Morgan fingerprint density at radius 3 is 2.71 bits per heavy atom. The van der Waals surface area contributed by atoms with Crippen molar-refractivity contribution in [1.29, 1.82) is 0 Å². The third kappa shape index (κ3) is 4.34. The van der Waals surface area contributed by atoms with Crippen LogP contribution in [0.2, 0.25) is 0 Å². The van der Waals surface area contributed by atoms with Crippen LogP contribution in [0.15, 0.2) is 29.3 Å². The molecule has 21 heavy (non-hydrogen) atoms. The minimum absolute atomic E-state index is 0.100. The molecule has 116 valence electrons. The maximum Gasteiger partial charge on any atom is 0.274 e. The van der Waals surface area contributed by atoms with Crippen LogP contribution in [-0.2, 0) is 5.92 Å². The van der Waals surface area contributed by atoms with Crippen LogP contribution in [0.3, 0.4) is 0 Å². The summed E-state index contributed by atoms with van der Waals surface area (Å²) in [6.07, 6.45) is 1.81. The van der Waals surface area contributed by atoms with Gasteiger partial charge in [0.25, 0.3) is 5.92 Å². The predicted molar refractivity (Wildman–Crippen MR) is 83.3 cm³/mol. The summed E-state index contributed by atoms with van der Waals surface area (Å²) >= 11 is 0. The van der Waals surface area contributed by atoms with E-state index in [0.29, 0.717) is 12.5 Å². The number of alkyl halides is 2. The van der Waals surface area contributed by atoms with Gasteiger partial charge in [0.15, 0.2) is 0 Å². The average Bonchev–Trinajstić information content (AvgIpc) is 2.46. The van der Waals surface area contributed by atoms with Gasteiger partial charge in [-0.25, -0.2) is 8.78 Å². The quantitative estimate of drug-likeness (QED) is 0.803. The number of benzene rings is 1. The summed E-state index contributed by atoms with van der Waals surface area (Å²) in [6, 6.07) is 6.74. The molecule has 1 aliphatic heterocycles. The molecule has 0 bridgehead atoms. The van der Waals surface area contributed by atoms with E-state index in [1.807, 2.05) is 20.2 Å². The summed E-state index contributed by atoms with van der Waals surface area (Å²) in [5.74, 6) is -2.19. The maximum absolute atomic E-state index is 14.3. The zero-order chi connectivity index (χ0) is 15.5. The van der Waals surface area contributed by atoms with Gasteiger partial charge in [0.1, 0.15) is 0 Å². The van der Waals surface area contributed by atoms with Crippen LogP contribution in [0.25, 0.3) is 0 Å². The van der Waals surface area contributed by atoms with Crippen LogP contribution in [-0.4, -0.2) is 37.8 Å². The highest BCUT2D eigenvalue weighted by Gasteiger charge is 2.31. The lowest BCUT2D eigenvalue weighted by Gasteiger charge is -2.21. The van der Waals surface area contributed by atoms with Gasteiger partial charge >= 0.3 is 0 Å². The monoisotopic (exact) mass is 294 g/mol. The molecule has 4 heteroatoms. The second kappa shape index (κ2) is 6.65. The molecular formula is C17H24F2N2. The van der Waals surface area contributed by atoms with E-state index in [9.17, 15) is 8.78 Å². The van der Waals surface area contributed by atoms with E-state index in [2.05, 4.69) is 11.9 Å². The molecule has 0 radical (unpaired) electrons. The number of aliphatic imine (C=N–C) groups is 1. The van der Waals surface area contributed by atoms with Gasteiger partial charge in [0, 0.05) is 30.8 Å². The predicted octanol–water partition coefficient (Wildman–Crippen LogP) is 3.95. The Morgan fingerprint density at radius 1 is 1.33 bits per heavy atom. The molecule has 0 saturated carbocycles. The molecule has 1 aliphatic rings. The third-order valence-electron chi connectivity index (χ3n) is 3.96. The molecule has 1 atom stereocenters. The lowest BCUT2D eigenvalue weighted by atomic mass is 9.94. The van der Waals surface area contributed by atoms with Crippen molar-refractivity contribution in [3.8, 4) is 0 Å². The summed E-state index contributed by atoms with van der Waals surface area (Å²) in [4.78, 5) is 6.32. The molecule has 0 N–H and O–H groups in total. The zero-order valence-corrected chi connectivity index (χ0v) is 13.1. The topological polar surface area (TPSA) is 15.6 Å². The van der Waals surface area contributed by atoms with E-state index in [4.69, 9.17) is 0 Å². The lowest BCUT2D eigenvalue weighted by molar-refractivity contribution is -0.0187. The van der Waals surface area contributed by atoms with Crippen molar-refractivity contribution >= 4 is 5.71 Å². The molecule has 1 heterocycles. The number of hydrogen-bond acceptors (Lipinski definition) is 2. The van der Waals surface area contributed by atoms with E-state index in [0.717, 1.165) is 30.7 Å². The smallest absolute Gasteiger partial charge is 0.274 e. The number of rotatable bonds is 5. The maximum atomic E-state index is 14.3. The van der Waals surface area contributed by atoms with Gasteiger partial charge in [-0.05, 0) is 44.5 Å². The fourth-order valence-corrected chi connectivity index (χ4v) is 2.49. The number of nitrogens with zero attached hydrogens (tertiary/aromatic N) is 2. The Balaban J connectivity index is 2.17. The van der Waals surface area contributed by atoms with E-state index in [-0.39, 0.29) is 12.0 Å². The van der Waals surface area contributed by atoms with Crippen LogP contribution in [0.1, 0.15) is 37.3 Å². The molecule has 1 aromatic carbocycles. The molecule has 0 saturated heterocycles. The minimum atomic E-state index is -2.79. The Labute approximate surface area is 125 Å². The van der Waals surface area contributed by atoms with Gasteiger partial charge in [-0.2, -0.15) is 0 Å². The number of halogens is 2. The summed E-state index contributed by atoms with van der Waals surface area (Å²) in [6.45, 7) is 3.35. The van der Waals surface area contributed by atoms with Gasteiger partial charge in [0.05, 0.1) is 0 Å². The van der Waals surface area contributed by atoms with Crippen molar-refractivity contribution < 1.29 is 8.78 Å². The van der Waals surface area contributed by atoms with Gasteiger partial charge in [-0.15, -0.1) is 0 Å². The molecule has 0 spiro atoms. The van der Waals surface area contributed by atoms with Crippen LogP contribution in [0.5, 0.6) is 0 Å². The van der Waals surface area contributed by atoms with Gasteiger partial charge in [0.2, 0.25) is 0 Å². The first-order valence-corrected chi connectivity index (χ1v) is 7.55. The molecule has 1 unspecified atom stereocenters. The minimum Gasteiger partial charge on any atom is -0.309 e. The molecule has 0 aromatic heterocycles. The van der Waals surface area contributed by atoms with E-state index >= 15 is 0 Å². The Morgan fingerprint density at radius 2 is 2.10 bits per heavy atom. The van der Waals surface area contributed by atoms with E-state index in [1.165, 1.54) is 6.07 Å². The first kappa shape index (κ1) is 16.1. The van der Waals surface area contributed by atoms with Crippen molar-refractivity contribution in [2.75, 3.05) is 27.2 Å². The van der Waals surface area contributed by atoms with Crippen molar-refractivity contribution in [3.05, 3.63) is 35.4 Å². The standard InChI is InChI=1S/C17H24F2N2/c1-13-7-8-16(20-12-13)14-5-4-6-15(11-14)17(18,19)9-10-21(2)3/h4-6,11,13H,7-10,12H2,1-3H3. The highest BCUT2D eigenvalue weighted by atomic mass is 19.3. The normalized spacial score (nSPS) is 19.7. The van der Waals surface area contributed by atoms with Crippen LogP contribution < -0.4 is 0 Å². The van der Waals surface area contributed by atoms with E-state index < -0.39 is 5.92 Å². The molecule has 2 rings (SSSR count). The third-order valence-corrected chi connectivity index (χ3v) is 3.96. The zero-order valence-electron chi connectivity index (χ0n) is 13.1. The highest BCUT2D eigenvalue weighted by Crippen LogP contribution is 2.32. The second-order valence-corrected chi connectivity index (χ2v) is 6.27.